The minimum absolute atomic E-state index is 0.176. The third kappa shape index (κ3) is 7.33. The first-order valence-electron chi connectivity index (χ1n) is 12.1. The standard InChI is InChI=1S/C26H23Cl2N5O6S3/c1-38-13-15-2-4-17(5-3-15)18-6-7-21-22(10-18)40-26(31-21)24(25-33-32-23(39-25)12-30-42(29,36)37)41(34,35)14-16-8-19(27)11-20(28)9-16/h2-11,24,30H,12-14H2,1H3,(H2,29,36,37). The molecule has 5 rings (SSSR count). The maximum absolute atomic E-state index is 13.9. The van der Waals surface area contributed by atoms with Crippen molar-refractivity contribution in [2.24, 2.45) is 5.14 Å². The second-order valence-corrected chi connectivity index (χ2v) is 14.6. The molecule has 3 aromatic carbocycles. The number of halogens is 2. The predicted molar refractivity (Wildman–Crippen MR) is 161 cm³/mol. The number of hydrogen-bond acceptors (Lipinski definition) is 10. The summed E-state index contributed by atoms with van der Waals surface area (Å²) >= 11 is 13.4. The predicted octanol–water partition coefficient (Wildman–Crippen LogP) is 4.80. The van der Waals surface area contributed by atoms with E-state index in [0.29, 0.717) is 17.7 Å². The summed E-state index contributed by atoms with van der Waals surface area (Å²) in [5.41, 5.74) is 3.86. The molecule has 11 nitrogen and oxygen atoms in total. The first kappa shape index (κ1) is 30.5. The van der Waals surface area contributed by atoms with Crippen LogP contribution in [0.15, 0.2) is 65.1 Å². The van der Waals surface area contributed by atoms with E-state index in [1.54, 1.807) is 7.11 Å². The third-order valence-electron chi connectivity index (χ3n) is 6.01. The molecule has 0 saturated heterocycles. The summed E-state index contributed by atoms with van der Waals surface area (Å²) in [6, 6.07) is 18.1. The molecule has 0 spiro atoms. The molecule has 2 heterocycles. The number of methoxy groups -OCH3 is 1. The molecule has 0 aliphatic rings. The van der Waals surface area contributed by atoms with Crippen molar-refractivity contribution < 1.29 is 26.0 Å². The number of rotatable bonds is 11. The van der Waals surface area contributed by atoms with E-state index in [1.165, 1.54) is 29.5 Å². The van der Waals surface area contributed by atoms with Crippen molar-refractivity contribution in [3.05, 3.63) is 98.6 Å². The van der Waals surface area contributed by atoms with Crippen molar-refractivity contribution in [1.29, 1.82) is 0 Å². The Morgan fingerprint density at radius 1 is 0.952 bits per heavy atom. The molecular formula is C26H23Cl2N5O6S3. The van der Waals surface area contributed by atoms with E-state index in [2.05, 4.69) is 15.2 Å². The summed E-state index contributed by atoms with van der Waals surface area (Å²) in [4.78, 5) is 4.61. The van der Waals surface area contributed by atoms with Gasteiger partial charge in [-0.2, -0.15) is 13.1 Å². The summed E-state index contributed by atoms with van der Waals surface area (Å²) in [6.07, 6.45) is 0. The maximum Gasteiger partial charge on any atom is 0.274 e. The number of ether oxygens (including phenoxy) is 1. The van der Waals surface area contributed by atoms with Gasteiger partial charge < -0.3 is 9.15 Å². The Morgan fingerprint density at radius 3 is 2.31 bits per heavy atom. The monoisotopic (exact) mass is 667 g/mol. The molecule has 16 heteroatoms. The molecular weight excluding hydrogens is 645 g/mol. The van der Waals surface area contributed by atoms with Crippen LogP contribution >= 0.6 is 34.5 Å². The number of benzene rings is 3. The van der Waals surface area contributed by atoms with Gasteiger partial charge in [0.15, 0.2) is 15.1 Å². The molecule has 0 radical (unpaired) electrons. The van der Waals surface area contributed by atoms with Gasteiger partial charge in [0.2, 0.25) is 11.8 Å². The number of hydrogen-bond donors (Lipinski definition) is 2. The summed E-state index contributed by atoms with van der Waals surface area (Å²) in [7, 11) is -6.52. The van der Waals surface area contributed by atoms with Gasteiger partial charge in [-0.05, 0) is 52.6 Å². The fourth-order valence-electron chi connectivity index (χ4n) is 4.22. The number of thiazole rings is 1. The van der Waals surface area contributed by atoms with E-state index in [-0.39, 0.29) is 26.8 Å². The van der Waals surface area contributed by atoms with Crippen molar-refractivity contribution >= 4 is 64.8 Å². The van der Waals surface area contributed by atoms with Crippen LogP contribution in [0, 0.1) is 0 Å². The quantitative estimate of drug-likeness (QED) is 0.201. The number of nitrogens with zero attached hydrogens (tertiary/aromatic N) is 3. The molecule has 1 unspecified atom stereocenters. The van der Waals surface area contributed by atoms with Gasteiger partial charge in [-0.15, -0.1) is 21.5 Å². The molecule has 2 aromatic heterocycles. The molecule has 0 saturated carbocycles. The highest BCUT2D eigenvalue weighted by Crippen LogP contribution is 2.38. The summed E-state index contributed by atoms with van der Waals surface area (Å²) in [5, 5.41) is 12.0. The highest BCUT2D eigenvalue weighted by Gasteiger charge is 2.37. The second kappa shape index (κ2) is 12.3. The van der Waals surface area contributed by atoms with Crippen molar-refractivity contribution in [3.8, 4) is 11.1 Å². The Labute approximate surface area is 255 Å². The van der Waals surface area contributed by atoms with Crippen LogP contribution < -0.4 is 9.86 Å². The Morgan fingerprint density at radius 2 is 1.64 bits per heavy atom. The fraction of sp³-hybridized carbons (Fsp3) is 0.192. The lowest BCUT2D eigenvalue weighted by Gasteiger charge is -2.12. The van der Waals surface area contributed by atoms with E-state index < -0.39 is 37.6 Å². The smallest absolute Gasteiger partial charge is 0.274 e. The Bertz CT molecular complexity index is 1940. The van der Waals surface area contributed by atoms with E-state index in [4.69, 9.17) is 37.5 Å². The van der Waals surface area contributed by atoms with Crippen LogP contribution in [-0.2, 0) is 43.7 Å². The summed E-state index contributed by atoms with van der Waals surface area (Å²) < 4.78 is 64.0. The van der Waals surface area contributed by atoms with Gasteiger partial charge in [0.25, 0.3) is 10.2 Å². The van der Waals surface area contributed by atoms with Crippen LogP contribution in [0.2, 0.25) is 10.0 Å². The van der Waals surface area contributed by atoms with Crippen LogP contribution in [0.25, 0.3) is 21.3 Å². The maximum atomic E-state index is 13.9. The average molecular weight is 669 g/mol. The molecule has 0 amide bonds. The van der Waals surface area contributed by atoms with E-state index in [0.717, 1.165) is 21.4 Å². The van der Waals surface area contributed by atoms with Gasteiger partial charge >= 0.3 is 0 Å². The SMILES string of the molecule is COCc1ccc(-c2ccc3nc(C(c4nnc(CNS(N)(=O)=O)o4)S(=O)(=O)Cc4cc(Cl)cc(Cl)c4)sc3c2)cc1. The van der Waals surface area contributed by atoms with E-state index >= 15 is 0 Å². The number of sulfone groups is 1. The van der Waals surface area contributed by atoms with Crippen molar-refractivity contribution in [3.63, 3.8) is 0 Å². The van der Waals surface area contributed by atoms with Crippen LogP contribution in [0.4, 0.5) is 0 Å². The van der Waals surface area contributed by atoms with Gasteiger partial charge in [0.1, 0.15) is 5.01 Å². The fourth-order valence-corrected chi connectivity index (χ4v) is 8.24. The van der Waals surface area contributed by atoms with Crippen molar-refractivity contribution in [2.45, 2.75) is 24.2 Å². The van der Waals surface area contributed by atoms with Crippen LogP contribution in [0.1, 0.15) is 33.2 Å². The first-order chi connectivity index (χ1) is 19.9. The Kier molecular flexibility index (Phi) is 8.97. The minimum atomic E-state index is -4.11. The van der Waals surface area contributed by atoms with Gasteiger partial charge in [-0.25, -0.2) is 18.5 Å². The molecule has 0 bridgehead atoms. The minimum Gasteiger partial charge on any atom is -0.422 e. The lowest BCUT2D eigenvalue weighted by atomic mass is 10.0. The molecule has 42 heavy (non-hydrogen) atoms. The summed E-state index contributed by atoms with van der Waals surface area (Å²) in [5.74, 6) is -0.909. The lowest BCUT2D eigenvalue weighted by Crippen LogP contribution is -2.30. The van der Waals surface area contributed by atoms with Crippen molar-refractivity contribution in [2.75, 3.05) is 7.11 Å². The molecule has 0 aliphatic carbocycles. The Hall–Kier alpha value is -2.95. The molecule has 220 valence electrons. The Balaban J connectivity index is 1.54. The lowest BCUT2D eigenvalue weighted by molar-refractivity contribution is 0.185. The highest BCUT2D eigenvalue weighted by molar-refractivity contribution is 7.91. The van der Waals surface area contributed by atoms with Gasteiger partial charge in [0, 0.05) is 17.2 Å². The van der Waals surface area contributed by atoms with Gasteiger partial charge in [-0.1, -0.05) is 53.5 Å². The largest absolute Gasteiger partial charge is 0.422 e. The zero-order valence-corrected chi connectivity index (χ0v) is 25.8. The average Bonchev–Trinajstić information content (AvgIpc) is 3.53. The zero-order chi connectivity index (χ0) is 30.1. The highest BCUT2D eigenvalue weighted by atomic mass is 35.5. The third-order valence-corrected chi connectivity index (χ3v) is 10.1. The molecule has 3 N–H and O–H groups in total. The van der Waals surface area contributed by atoms with Crippen LogP contribution in [0.5, 0.6) is 0 Å². The molecule has 1 atom stereocenters. The number of nitrogens with one attached hydrogen (secondary N) is 1. The van der Waals surface area contributed by atoms with E-state index in [1.807, 2.05) is 47.2 Å². The van der Waals surface area contributed by atoms with E-state index in [9.17, 15) is 16.8 Å². The normalized spacial score (nSPS) is 13.0. The molecule has 0 fully saturated rings. The number of aromatic nitrogens is 3. The second-order valence-electron chi connectivity index (χ2n) is 9.23. The number of fused-ring (bicyclic) bond motifs is 1. The molecule has 0 aliphatic heterocycles. The topological polar surface area (TPSA) is 167 Å². The van der Waals surface area contributed by atoms with Crippen LogP contribution in [0.3, 0.4) is 0 Å². The first-order valence-corrected chi connectivity index (χ1v) is 17.0. The van der Waals surface area contributed by atoms with Crippen LogP contribution in [-0.4, -0.2) is 39.1 Å². The van der Waals surface area contributed by atoms with Gasteiger partial charge in [0.05, 0.1) is 29.1 Å². The van der Waals surface area contributed by atoms with Gasteiger partial charge in [-0.3, -0.25) is 0 Å². The summed E-state index contributed by atoms with van der Waals surface area (Å²) in [6.45, 7) is 0.0825. The number of nitrogens with two attached hydrogens (primary N) is 1. The van der Waals surface area contributed by atoms with Crippen molar-refractivity contribution in [1.82, 2.24) is 19.9 Å². The molecule has 5 aromatic rings. The zero-order valence-electron chi connectivity index (χ0n) is 21.8.